The smallest absolute Gasteiger partial charge is 0.339 e. The molecule has 0 aromatic heterocycles. The second-order valence-electron chi connectivity index (χ2n) is 6.23. The molecule has 160 valence electrons. The molecule has 1 aliphatic rings. The van der Waals surface area contributed by atoms with Crippen molar-refractivity contribution in [2.24, 2.45) is 0 Å². The molecule has 3 amide bonds. The molecule has 0 saturated carbocycles. The number of hydrogen-bond donors (Lipinski definition) is 3. The Balaban J connectivity index is 1.81. The van der Waals surface area contributed by atoms with Gasteiger partial charge in [0.1, 0.15) is 10.5 Å². The molecule has 3 N–H and O–H groups in total. The van der Waals surface area contributed by atoms with E-state index in [0.717, 1.165) is 0 Å². The average molecular weight is 524 g/mol. The zero-order chi connectivity index (χ0) is 22.8. The first kappa shape index (κ1) is 22.6. The lowest BCUT2D eigenvalue weighted by molar-refractivity contribution is -0.123. The minimum absolute atomic E-state index is 0.00631. The average Bonchev–Trinajstić information content (AvgIpc) is 2.66. The van der Waals surface area contributed by atoms with Gasteiger partial charge in [-0.15, -0.1) is 0 Å². The van der Waals surface area contributed by atoms with Gasteiger partial charge in [-0.3, -0.25) is 25.0 Å². The van der Waals surface area contributed by atoms with E-state index in [1.54, 1.807) is 0 Å². The Morgan fingerprint density at radius 3 is 2.26 bits per heavy atom. The van der Waals surface area contributed by atoms with Crippen LogP contribution in [0.15, 0.2) is 57.4 Å². The Hall–Kier alpha value is -3.09. The predicted octanol–water partition coefficient (Wildman–Crippen LogP) is 2.09. The van der Waals surface area contributed by atoms with E-state index < -0.39 is 21.9 Å². The van der Waals surface area contributed by atoms with Crippen LogP contribution >= 0.6 is 28.1 Å². The number of anilines is 1. The van der Waals surface area contributed by atoms with Gasteiger partial charge in [-0.05, 0) is 76.2 Å². The van der Waals surface area contributed by atoms with E-state index >= 15 is 0 Å². The maximum atomic E-state index is 12.5. The zero-order valence-corrected chi connectivity index (χ0v) is 19.0. The highest BCUT2D eigenvalue weighted by atomic mass is 79.9. The second kappa shape index (κ2) is 8.96. The molecule has 0 bridgehead atoms. The van der Waals surface area contributed by atoms with Crippen molar-refractivity contribution in [2.75, 3.05) is 5.32 Å². The molecular weight excluding hydrogens is 510 g/mol. The van der Waals surface area contributed by atoms with E-state index in [1.165, 1.54) is 55.5 Å². The van der Waals surface area contributed by atoms with Crippen molar-refractivity contribution in [1.29, 1.82) is 0 Å². The first-order valence-electron chi connectivity index (χ1n) is 8.55. The fraction of sp³-hybridized carbons (Fsp3) is 0.0526. The van der Waals surface area contributed by atoms with Crippen molar-refractivity contribution in [1.82, 2.24) is 10.6 Å². The fourth-order valence-electron chi connectivity index (χ4n) is 2.52. The van der Waals surface area contributed by atoms with Crippen molar-refractivity contribution in [3.8, 4) is 5.75 Å². The highest BCUT2D eigenvalue weighted by Crippen LogP contribution is 2.30. The maximum absolute atomic E-state index is 12.5. The number of nitrogens with one attached hydrogen (secondary N) is 3. The Morgan fingerprint density at radius 1 is 1.10 bits per heavy atom. The Labute approximate surface area is 191 Å². The van der Waals surface area contributed by atoms with Crippen LogP contribution in [-0.2, 0) is 24.5 Å². The summed E-state index contributed by atoms with van der Waals surface area (Å²) in [4.78, 5) is 34.8. The lowest BCUT2D eigenvalue weighted by atomic mass is 10.1. The van der Waals surface area contributed by atoms with Crippen molar-refractivity contribution in [3.05, 3.63) is 58.1 Å². The molecule has 2 aromatic rings. The number of carbonyl (C=O) groups is 3. The van der Waals surface area contributed by atoms with Crippen LogP contribution in [0.2, 0.25) is 0 Å². The van der Waals surface area contributed by atoms with E-state index in [9.17, 15) is 22.8 Å². The van der Waals surface area contributed by atoms with Crippen molar-refractivity contribution in [3.63, 3.8) is 0 Å². The predicted molar refractivity (Wildman–Crippen MR) is 120 cm³/mol. The molecule has 0 atom stereocenters. The molecule has 0 unspecified atom stereocenters. The number of amides is 3. The van der Waals surface area contributed by atoms with Crippen LogP contribution in [0.5, 0.6) is 5.75 Å². The molecule has 1 saturated heterocycles. The summed E-state index contributed by atoms with van der Waals surface area (Å²) >= 11 is 7.97. The Bertz CT molecular complexity index is 1220. The highest BCUT2D eigenvalue weighted by Gasteiger charge is 2.26. The maximum Gasteiger partial charge on any atom is 0.339 e. The summed E-state index contributed by atoms with van der Waals surface area (Å²) in [5.74, 6) is -1.56. The molecule has 0 spiro atoms. The van der Waals surface area contributed by atoms with Gasteiger partial charge < -0.3 is 9.50 Å². The van der Waals surface area contributed by atoms with E-state index in [2.05, 4.69) is 31.9 Å². The standard InChI is InChI=1S/C19H14BrN3O6S2/c1-10(24)21-12-3-5-13(6-4-12)31(27,28)29-16-7-2-11(9-15(16)20)8-14-17(25)22-19(30)23-18(14)26/h2-9H,1H3,(H,21,24)(H2,22,23,25,26,30). The number of carbonyl (C=O) groups excluding carboxylic acids is 3. The van der Waals surface area contributed by atoms with Crippen LogP contribution in [0.1, 0.15) is 12.5 Å². The van der Waals surface area contributed by atoms with Crippen LogP contribution in [0.3, 0.4) is 0 Å². The van der Waals surface area contributed by atoms with Crippen LogP contribution in [0, 0.1) is 0 Å². The summed E-state index contributed by atoms with van der Waals surface area (Å²) in [6.45, 7) is 1.34. The molecule has 3 rings (SSSR count). The first-order chi connectivity index (χ1) is 14.5. The zero-order valence-electron chi connectivity index (χ0n) is 15.8. The number of rotatable bonds is 5. The summed E-state index contributed by atoms with van der Waals surface area (Å²) in [6, 6.07) is 9.84. The molecule has 12 heteroatoms. The van der Waals surface area contributed by atoms with Gasteiger partial charge in [0.25, 0.3) is 11.8 Å². The highest BCUT2D eigenvalue weighted by molar-refractivity contribution is 9.10. The van der Waals surface area contributed by atoms with E-state index in [0.29, 0.717) is 11.3 Å². The third-order valence-electron chi connectivity index (χ3n) is 3.87. The van der Waals surface area contributed by atoms with Gasteiger partial charge >= 0.3 is 10.1 Å². The summed E-state index contributed by atoms with van der Waals surface area (Å²) in [5.41, 5.74) is 0.743. The van der Waals surface area contributed by atoms with Crippen LogP contribution < -0.4 is 20.1 Å². The van der Waals surface area contributed by atoms with Crippen molar-refractivity contribution < 1.29 is 27.0 Å². The third kappa shape index (κ3) is 5.54. The van der Waals surface area contributed by atoms with E-state index in [1.807, 2.05) is 0 Å². The minimum Gasteiger partial charge on any atom is -0.378 e. The van der Waals surface area contributed by atoms with E-state index in [4.69, 9.17) is 16.4 Å². The van der Waals surface area contributed by atoms with Crippen LogP contribution in [0.25, 0.3) is 6.08 Å². The summed E-state index contributed by atoms with van der Waals surface area (Å²) < 4.78 is 30.6. The lowest BCUT2D eigenvalue weighted by Gasteiger charge is -2.16. The van der Waals surface area contributed by atoms with Gasteiger partial charge in [0, 0.05) is 12.6 Å². The molecule has 1 heterocycles. The fourth-order valence-corrected chi connectivity index (χ4v) is 4.24. The van der Waals surface area contributed by atoms with Gasteiger partial charge in [-0.1, -0.05) is 6.07 Å². The van der Waals surface area contributed by atoms with Crippen LogP contribution in [-0.4, -0.2) is 31.3 Å². The molecule has 31 heavy (non-hydrogen) atoms. The quantitative estimate of drug-likeness (QED) is 0.236. The topological polar surface area (TPSA) is 131 Å². The molecule has 0 aliphatic carbocycles. The van der Waals surface area contributed by atoms with Gasteiger partial charge in [0.15, 0.2) is 10.9 Å². The molecular formula is C19H14BrN3O6S2. The molecule has 1 fully saturated rings. The monoisotopic (exact) mass is 523 g/mol. The number of benzene rings is 2. The molecule has 9 nitrogen and oxygen atoms in total. The first-order valence-corrected chi connectivity index (χ1v) is 11.2. The largest absolute Gasteiger partial charge is 0.378 e. The Morgan fingerprint density at radius 2 is 1.71 bits per heavy atom. The minimum atomic E-state index is -4.15. The SMILES string of the molecule is CC(=O)Nc1ccc(S(=O)(=O)Oc2ccc(C=C3C(=O)NC(=S)NC3=O)cc2Br)cc1. The number of halogens is 1. The number of thiocarbonyl (C=S) groups is 1. The molecule has 2 aromatic carbocycles. The number of hydrogen-bond acceptors (Lipinski definition) is 7. The summed E-state index contributed by atoms with van der Waals surface area (Å²) in [5, 5.41) is 7.11. The van der Waals surface area contributed by atoms with Gasteiger partial charge in [-0.2, -0.15) is 8.42 Å². The lowest BCUT2D eigenvalue weighted by Crippen LogP contribution is -2.51. The normalized spacial score (nSPS) is 13.9. The van der Waals surface area contributed by atoms with E-state index in [-0.39, 0.29) is 31.7 Å². The molecule has 1 aliphatic heterocycles. The van der Waals surface area contributed by atoms with Gasteiger partial charge in [0.2, 0.25) is 5.91 Å². The Kier molecular flexibility index (Phi) is 6.53. The van der Waals surface area contributed by atoms with Crippen molar-refractivity contribution >= 4 is 72.9 Å². The molecule has 0 radical (unpaired) electrons. The van der Waals surface area contributed by atoms with Crippen LogP contribution in [0.4, 0.5) is 5.69 Å². The summed E-state index contributed by atoms with van der Waals surface area (Å²) in [7, 11) is -4.15. The third-order valence-corrected chi connectivity index (χ3v) is 5.95. The van der Waals surface area contributed by atoms with Crippen molar-refractivity contribution in [2.45, 2.75) is 11.8 Å². The van der Waals surface area contributed by atoms with Gasteiger partial charge in [-0.25, -0.2) is 0 Å². The second-order valence-corrected chi connectivity index (χ2v) is 9.04. The summed E-state index contributed by atoms with van der Waals surface area (Å²) in [6.07, 6.45) is 1.33. The van der Waals surface area contributed by atoms with Gasteiger partial charge in [0.05, 0.1) is 4.47 Å².